The Bertz CT molecular complexity index is 1060. The van der Waals surface area contributed by atoms with Crippen LogP contribution in [-0.2, 0) is 15.9 Å². The first-order chi connectivity index (χ1) is 15.6. The molecule has 0 radical (unpaired) electrons. The van der Waals surface area contributed by atoms with Crippen LogP contribution in [0.15, 0.2) is 66.7 Å². The van der Waals surface area contributed by atoms with Crippen LogP contribution in [0, 0.1) is 6.92 Å². The second-order valence-corrected chi connectivity index (χ2v) is 8.19. The van der Waals surface area contributed by atoms with E-state index in [1.165, 1.54) is 11.1 Å². The number of carbonyl (C=O) groups is 1. The number of amides is 1. The fourth-order valence-electron chi connectivity index (χ4n) is 3.59. The first-order valence-corrected chi connectivity index (χ1v) is 11.0. The van der Waals surface area contributed by atoms with E-state index in [1.807, 2.05) is 37.3 Å². The van der Waals surface area contributed by atoms with Crippen molar-refractivity contribution in [3.8, 4) is 5.75 Å². The minimum Gasteiger partial charge on any atom is -0.491 e. The lowest BCUT2D eigenvalue weighted by molar-refractivity contribution is -0.101. The van der Waals surface area contributed by atoms with Crippen molar-refractivity contribution in [2.45, 2.75) is 19.4 Å². The van der Waals surface area contributed by atoms with Gasteiger partial charge in [-0.05, 0) is 54.3 Å². The smallest absolute Gasteiger partial charge is 0.257 e. The van der Waals surface area contributed by atoms with Crippen molar-refractivity contribution in [2.24, 2.45) is 0 Å². The van der Waals surface area contributed by atoms with Crippen LogP contribution in [0.1, 0.15) is 27.0 Å². The van der Waals surface area contributed by atoms with E-state index < -0.39 is 0 Å². The molecule has 4 rings (SSSR count). The summed E-state index contributed by atoms with van der Waals surface area (Å²) in [5.41, 5.74) is 4.54. The van der Waals surface area contributed by atoms with Gasteiger partial charge in [0.25, 0.3) is 5.91 Å². The second-order valence-electron chi connectivity index (χ2n) is 7.79. The molecular formula is C26H26ClNO4. The Hall–Kier alpha value is -2.86. The number of ether oxygens (including phenoxy) is 3. The van der Waals surface area contributed by atoms with Gasteiger partial charge >= 0.3 is 0 Å². The predicted molar refractivity (Wildman–Crippen MR) is 126 cm³/mol. The van der Waals surface area contributed by atoms with Crippen LogP contribution in [0.5, 0.6) is 5.75 Å². The predicted octanol–water partition coefficient (Wildman–Crippen LogP) is 5.29. The van der Waals surface area contributed by atoms with Crippen LogP contribution in [0.4, 0.5) is 5.69 Å². The Morgan fingerprint density at radius 2 is 1.91 bits per heavy atom. The SMILES string of the molecule is Cc1cc(Cc2ccccc2)ccc1NC(=O)c1cc(OC[C@@H]2COCCO2)ccc1Cl. The molecule has 1 fully saturated rings. The molecule has 32 heavy (non-hydrogen) atoms. The van der Waals surface area contributed by atoms with E-state index in [9.17, 15) is 4.79 Å². The highest BCUT2D eigenvalue weighted by molar-refractivity contribution is 6.34. The number of carbonyl (C=O) groups excluding carboxylic acids is 1. The highest BCUT2D eigenvalue weighted by Crippen LogP contribution is 2.25. The Kier molecular flexibility index (Phi) is 7.43. The summed E-state index contributed by atoms with van der Waals surface area (Å²) in [4.78, 5) is 12.9. The maximum Gasteiger partial charge on any atom is 0.257 e. The fourth-order valence-corrected chi connectivity index (χ4v) is 3.79. The Labute approximate surface area is 193 Å². The van der Waals surface area contributed by atoms with Gasteiger partial charge in [0.2, 0.25) is 0 Å². The molecule has 5 nitrogen and oxygen atoms in total. The molecule has 0 saturated carbocycles. The van der Waals surface area contributed by atoms with Gasteiger partial charge in [0, 0.05) is 5.69 Å². The zero-order chi connectivity index (χ0) is 22.3. The van der Waals surface area contributed by atoms with E-state index in [1.54, 1.807) is 18.2 Å². The number of halogens is 1. The molecule has 0 aliphatic carbocycles. The van der Waals surface area contributed by atoms with Gasteiger partial charge in [0.15, 0.2) is 0 Å². The lowest BCUT2D eigenvalue weighted by Crippen LogP contribution is -2.33. The zero-order valence-corrected chi connectivity index (χ0v) is 18.7. The zero-order valence-electron chi connectivity index (χ0n) is 18.0. The van der Waals surface area contributed by atoms with Crippen LogP contribution < -0.4 is 10.1 Å². The third kappa shape index (κ3) is 5.88. The van der Waals surface area contributed by atoms with E-state index in [0.29, 0.717) is 42.8 Å². The first kappa shape index (κ1) is 22.3. The van der Waals surface area contributed by atoms with E-state index in [2.05, 4.69) is 23.5 Å². The molecule has 1 aliphatic rings. The summed E-state index contributed by atoms with van der Waals surface area (Å²) in [6.45, 7) is 4.00. The number of benzene rings is 3. The average Bonchev–Trinajstić information content (AvgIpc) is 2.81. The third-order valence-corrected chi connectivity index (χ3v) is 5.62. The molecule has 3 aromatic rings. The molecule has 1 aliphatic heterocycles. The molecule has 1 amide bonds. The van der Waals surface area contributed by atoms with E-state index in [-0.39, 0.29) is 12.0 Å². The molecule has 166 valence electrons. The standard InChI is InChI=1S/C26H26ClNO4/c1-18-13-20(14-19-5-3-2-4-6-19)7-10-25(18)28-26(29)23-15-21(8-9-24(23)27)32-17-22-16-30-11-12-31-22/h2-10,13,15,22H,11-12,14,16-17H2,1H3,(H,28,29)/t22-/m0/s1. The van der Waals surface area contributed by atoms with E-state index in [4.69, 9.17) is 25.8 Å². The minimum atomic E-state index is -0.281. The Morgan fingerprint density at radius 3 is 2.66 bits per heavy atom. The van der Waals surface area contributed by atoms with Crippen molar-refractivity contribution < 1.29 is 19.0 Å². The molecule has 0 aromatic heterocycles. The highest BCUT2D eigenvalue weighted by Gasteiger charge is 2.17. The van der Waals surface area contributed by atoms with Crippen LogP contribution in [0.25, 0.3) is 0 Å². The Morgan fingerprint density at radius 1 is 1.06 bits per heavy atom. The van der Waals surface area contributed by atoms with Gasteiger partial charge in [0.1, 0.15) is 18.5 Å². The summed E-state index contributed by atoms with van der Waals surface area (Å²) in [6, 6.07) is 21.4. The van der Waals surface area contributed by atoms with Crippen LogP contribution in [0.2, 0.25) is 5.02 Å². The van der Waals surface area contributed by atoms with Gasteiger partial charge < -0.3 is 19.5 Å². The van der Waals surface area contributed by atoms with Crippen LogP contribution in [-0.4, -0.2) is 38.4 Å². The number of hydrogen-bond donors (Lipinski definition) is 1. The number of hydrogen-bond acceptors (Lipinski definition) is 4. The van der Waals surface area contributed by atoms with Crippen molar-refractivity contribution >= 4 is 23.2 Å². The van der Waals surface area contributed by atoms with Crippen molar-refractivity contribution in [3.05, 3.63) is 94.0 Å². The third-order valence-electron chi connectivity index (χ3n) is 5.29. The first-order valence-electron chi connectivity index (χ1n) is 10.6. The highest BCUT2D eigenvalue weighted by atomic mass is 35.5. The summed E-state index contributed by atoms with van der Waals surface area (Å²) in [5.74, 6) is 0.278. The van der Waals surface area contributed by atoms with E-state index >= 15 is 0 Å². The van der Waals surface area contributed by atoms with Gasteiger partial charge in [-0.15, -0.1) is 0 Å². The lowest BCUT2D eigenvalue weighted by Gasteiger charge is -2.23. The topological polar surface area (TPSA) is 56.8 Å². The van der Waals surface area contributed by atoms with Crippen molar-refractivity contribution in [1.29, 1.82) is 0 Å². The quantitative estimate of drug-likeness (QED) is 0.530. The van der Waals surface area contributed by atoms with Gasteiger partial charge in [0.05, 0.1) is 30.4 Å². The van der Waals surface area contributed by atoms with Gasteiger partial charge in [-0.25, -0.2) is 0 Å². The maximum atomic E-state index is 12.9. The van der Waals surface area contributed by atoms with Crippen molar-refractivity contribution in [3.63, 3.8) is 0 Å². The summed E-state index contributed by atoms with van der Waals surface area (Å²) in [5, 5.41) is 3.33. The number of anilines is 1. The number of aryl methyl sites for hydroxylation is 1. The molecule has 0 bridgehead atoms. The van der Waals surface area contributed by atoms with Crippen LogP contribution >= 0.6 is 11.6 Å². The molecular weight excluding hydrogens is 426 g/mol. The van der Waals surface area contributed by atoms with E-state index in [0.717, 1.165) is 17.7 Å². The normalized spacial score (nSPS) is 15.9. The molecule has 1 N–H and O–H groups in total. The van der Waals surface area contributed by atoms with Gasteiger partial charge in [-0.2, -0.15) is 0 Å². The van der Waals surface area contributed by atoms with Gasteiger partial charge in [-0.1, -0.05) is 54.1 Å². The van der Waals surface area contributed by atoms with Crippen molar-refractivity contribution in [1.82, 2.24) is 0 Å². The minimum absolute atomic E-state index is 0.117. The summed E-state index contributed by atoms with van der Waals surface area (Å²) in [6.07, 6.45) is 0.727. The molecule has 0 unspecified atom stereocenters. The molecule has 6 heteroatoms. The summed E-state index contributed by atoms with van der Waals surface area (Å²) < 4.78 is 16.8. The largest absolute Gasteiger partial charge is 0.491 e. The molecule has 3 aromatic carbocycles. The number of nitrogens with one attached hydrogen (secondary N) is 1. The van der Waals surface area contributed by atoms with Crippen LogP contribution in [0.3, 0.4) is 0 Å². The Balaban J connectivity index is 1.41. The summed E-state index contributed by atoms with van der Waals surface area (Å²) >= 11 is 6.30. The lowest BCUT2D eigenvalue weighted by atomic mass is 10.0. The molecule has 0 spiro atoms. The monoisotopic (exact) mass is 451 g/mol. The molecule has 1 heterocycles. The van der Waals surface area contributed by atoms with Crippen molar-refractivity contribution in [2.75, 3.05) is 31.7 Å². The second kappa shape index (κ2) is 10.6. The molecule has 1 saturated heterocycles. The summed E-state index contributed by atoms with van der Waals surface area (Å²) in [7, 11) is 0. The maximum absolute atomic E-state index is 12.9. The molecule has 1 atom stereocenters. The van der Waals surface area contributed by atoms with Gasteiger partial charge in [-0.3, -0.25) is 4.79 Å². The number of rotatable bonds is 7. The fraction of sp³-hybridized carbons (Fsp3) is 0.269. The average molecular weight is 452 g/mol.